The fourth-order valence-electron chi connectivity index (χ4n) is 1.41. The van der Waals surface area contributed by atoms with Crippen LogP contribution in [0.3, 0.4) is 0 Å². The van der Waals surface area contributed by atoms with E-state index in [2.05, 4.69) is 9.97 Å². The van der Waals surface area contributed by atoms with Crippen LogP contribution in [0, 0.1) is 11.6 Å². The average Bonchev–Trinajstić information content (AvgIpc) is 2.32. The van der Waals surface area contributed by atoms with Crippen molar-refractivity contribution in [2.24, 2.45) is 0 Å². The second-order valence-electron chi connectivity index (χ2n) is 3.49. The monoisotopic (exact) mass is 254 g/mol. The quantitative estimate of drug-likeness (QED) is 0.765. The van der Waals surface area contributed by atoms with E-state index in [4.69, 9.17) is 11.6 Å². The molecule has 2 aromatic rings. The maximum absolute atomic E-state index is 13.1. The minimum absolute atomic E-state index is 0.289. The van der Waals surface area contributed by atoms with Gasteiger partial charge in [0.15, 0.2) is 17.5 Å². The van der Waals surface area contributed by atoms with E-state index in [0.717, 1.165) is 17.8 Å². The molecule has 2 rings (SSSR count). The highest BCUT2D eigenvalue weighted by atomic mass is 35.5. The van der Waals surface area contributed by atoms with Gasteiger partial charge in [-0.15, -0.1) is 0 Å². The molecule has 0 atom stereocenters. The molecule has 0 aliphatic rings. The molecule has 0 aliphatic carbocycles. The molecule has 1 aromatic heterocycles. The second-order valence-corrected chi connectivity index (χ2v) is 3.88. The van der Waals surface area contributed by atoms with Gasteiger partial charge in [-0.1, -0.05) is 18.5 Å². The zero-order valence-corrected chi connectivity index (χ0v) is 9.80. The molecule has 0 unspecified atom stereocenters. The molecule has 0 aliphatic heterocycles. The van der Waals surface area contributed by atoms with Crippen molar-refractivity contribution in [2.75, 3.05) is 0 Å². The standard InChI is InChI=1S/C12H9ClF2N2/c1-2-8-6-11(13)17-12(16-8)7-3-4-9(14)10(15)5-7/h3-6H,2H2,1H3. The second kappa shape index (κ2) is 4.75. The fraction of sp³-hybridized carbons (Fsp3) is 0.167. The summed E-state index contributed by atoms with van der Waals surface area (Å²) in [6, 6.07) is 5.16. The summed E-state index contributed by atoms with van der Waals surface area (Å²) < 4.78 is 25.9. The highest BCUT2D eigenvalue weighted by molar-refractivity contribution is 6.29. The molecule has 1 heterocycles. The smallest absolute Gasteiger partial charge is 0.161 e. The Morgan fingerprint density at radius 3 is 2.53 bits per heavy atom. The Hall–Kier alpha value is -1.55. The van der Waals surface area contributed by atoms with Crippen molar-refractivity contribution in [3.8, 4) is 11.4 Å². The van der Waals surface area contributed by atoms with Gasteiger partial charge in [-0.05, 0) is 30.7 Å². The third-order valence-corrected chi connectivity index (χ3v) is 2.48. The normalized spacial score (nSPS) is 10.6. The van der Waals surface area contributed by atoms with Crippen molar-refractivity contribution >= 4 is 11.6 Å². The van der Waals surface area contributed by atoms with Gasteiger partial charge in [-0.25, -0.2) is 18.7 Å². The molecule has 0 radical (unpaired) electrons. The zero-order valence-electron chi connectivity index (χ0n) is 9.04. The first-order chi connectivity index (χ1) is 8.10. The van der Waals surface area contributed by atoms with Gasteiger partial charge in [0.05, 0.1) is 0 Å². The van der Waals surface area contributed by atoms with E-state index in [0.29, 0.717) is 17.8 Å². The first-order valence-electron chi connectivity index (χ1n) is 5.09. The molecule has 5 heteroatoms. The van der Waals surface area contributed by atoms with Gasteiger partial charge in [-0.3, -0.25) is 0 Å². The van der Waals surface area contributed by atoms with Crippen LogP contribution in [0.2, 0.25) is 5.15 Å². The van der Waals surface area contributed by atoms with Crippen molar-refractivity contribution in [3.63, 3.8) is 0 Å². The van der Waals surface area contributed by atoms with E-state index in [1.54, 1.807) is 6.07 Å². The van der Waals surface area contributed by atoms with Crippen LogP contribution >= 0.6 is 11.6 Å². The Morgan fingerprint density at radius 2 is 1.88 bits per heavy atom. The number of nitrogens with zero attached hydrogens (tertiary/aromatic N) is 2. The summed E-state index contributed by atoms with van der Waals surface area (Å²) in [7, 11) is 0. The van der Waals surface area contributed by atoms with Crippen LogP contribution in [-0.2, 0) is 6.42 Å². The van der Waals surface area contributed by atoms with Gasteiger partial charge in [0.25, 0.3) is 0 Å². The van der Waals surface area contributed by atoms with E-state index in [9.17, 15) is 8.78 Å². The molecule has 0 fully saturated rings. The molecule has 88 valence electrons. The Kier molecular flexibility index (Phi) is 3.33. The van der Waals surface area contributed by atoms with Crippen molar-refractivity contribution < 1.29 is 8.78 Å². The van der Waals surface area contributed by atoms with Crippen molar-refractivity contribution in [1.29, 1.82) is 0 Å². The molecule has 0 saturated carbocycles. The Labute approximate surface area is 102 Å². The minimum Gasteiger partial charge on any atom is -0.233 e. The third-order valence-electron chi connectivity index (χ3n) is 2.29. The molecule has 0 saturated heterocycles. The predicted octanol–water partition coefficient (Wildman–Crippen LogP) is 3.64. The topological polar surface area (TPSA) is 25.8 Å². The summed E-state index contributed by atoms with van der Waals surface area (Å²) in [5.74, 6) is -1.52. The number of aryl methyl sites for hydroxylation is 1. The lowest BCUT2D eigenvalue weighted by Crippen LogP contribution is -1.96. The first kappa shape index (κ1) is 11.9. The lowest BCUT2D eigenvalue weighted by Gasteiger charge is -2.04. The largest absolute Gasteiger partial charge is 0.233 e. The number of benzene rings is 1. The number of hydrogen-bond acceptors (Lipinski definition) is 2. The molecule has 0 N–H and O–H groups in total. The lowest BCUT2D eigenvalue weighted by atomic mass is 10.2. The van der Waals surface area contributed by atoms with Crippen molar-refractivity contribution in [2.45, 2.75) is 13.3 Å². The average molecular weight is 255 g/mol. The summed E-state index contributed by atoms with van der Waals surface area (Å²) in [4.78, 5) is 8.20. The van der Waals surface area contributed by atoms with Gasteiger partial charge in [0.2, 0.25) is 0 Å². The van der Waals surface area contributed by atoms with Gasteiger partial charge in [0.1, 0.15) is 5.15 Å². The molecule has 0 spiro atoms. The van der Waals surface area contributed by atoms with E-state index in [1.165, 1.54) is 6.07 Å². The van der Waals surface area contributed by atoms with Gasteiger partial charge in [-0.2, -0.15) is 0 Å². The van der Waals surface area contributed by atoms with E-state index in [-0.39, 0.29) is 5.15 Å². The maximum atomic E-state index is 13.1. The van der Waals surface area contributed by atoms with Crippen LogP contribution < -0.4 is 0 Å². The number of hydrogen-bond donors (Lipinski definition) is 0. The van der Waals surface area contributed by atoms with E-state index in [1.807, 2.05) is 6.92 Å². The summed E-state index contributed by atoms with van der Waals surface area (Å²) in [6.45, 7) is 1.92. The first-order valence-corrected chi connectivity index (χ1v) is 5.47. The zero-order chi connectivity index (χ0) is 12.4. The van der Waals surface area contributed by atoms with E-state index < -0.39 is 11.6 Å². The summed E-state index contributed by atoms with van der Waals surface area (Å²) in [5, 5.41) is 0.289. The Bertz CT molecular complexity index is 558. The lowest BCUT2D eigenvalue weighted by molar-refractivity contribution is 0.509. The third kappa shape index (κ3) is 2.58. The molecular weight excluding hydrogens is 246 g/mol. The van der Waals surface area contributed by atoms with Crippen LogP contribution in [0.4, 0.5) is 8.78 Å². The fourth-order valence-corrected chi connectivity index (χ4v) is 1.62. The van der Waals surface area contributed by atoms with E-state index >= 15 is 0 Å². The Morgan fingerprint density at radius 1 is 1.12 bits per heavy atom. The number of aromatic nitrogens is 2. The van der Waals surface area contributed by atoms with Crippen LogP contribution in [0.5, 0.6) is 0 Å². The summed E-state index contributed by atoms with van der Waals surface area (Å²) in [5.41, 5.74) is 1.16. The van der Waals surface area contributed by atoms with Gasteiger partial charge in [0, 0.05) is 11.3 Å². The minimum atomic E-state index is -0.927. The molecule has 0 amide bonds. The summed E-state index contributed by atoms with van der Waals surface area (Å²) in [6.07, 6.45) is 0.693. The molecule has 1 aromatic carbocycles. The van der Waals surface area contributed by atoms with Crippen molar-refractivity contribution in [3.05, 3.63) is 46.7 Å². The molecule has 0 bridgehead atoms. The number of rotatable bonds is 2. The Balaban J connectivity index is 2.52. The van der Waals surface area contributed by atoms with Crippen LogP contribution in [-0.4, -0.2) is 9.97 Å². The SMILES string of the molecule is CCc1cc(Cl)nc(-c2ccc(F)c(F)c2)n1. The molecule has 17 heavy (non-hydrogen) atoms. The van der Waals surface area contributed by atoms with Gasteiger partial charge >= 0.3 is 0 Å². The predicted molar refractivity (Wildman–Crippen MR) is 61.8 cm³/mol. The van der Waals surface area contributed by atoms with Crippen LogP contribution in [0.25, 0.3) is 11.4 Å². The van der Waals surface area contributed by atoms with Crippen LogP contribution in [0.15, 0.2) is 24.3 Å². The highest BCUT2D eigenvalue weighted by Crippen LogP contribution is 2.20. The molecular formula is C12H9ClF2N2. The number of halogens is 3. The maximum Gasteiger partial charge on any atom is 0.161 e. The van der Waals surface area contributed by atoms with Crippen molar-refractivity contribution in [1.82, 2.24) is 9.97 Å². The highest BCUT2D eigenvalue weighted by Gasteiger charge is 2.08. The van der Waals surface area contributed by atoms with Gasteiger partial charge < -0.3 is 0 Å². The van der Waals surface area contributed by atoms with Crippen LogP contribution in [0.1, 0.15) is 12.6 Å². The summed E-state index contributed by atoms with van der Waals surface area (Å²) >= 11 is 5.83. The molecule has 2 nitrogen and oxygen atoms in total.